The molecule has 0 saturated carbocycles. The van der Waals surface area contributed by atoms with Crippen LogP contribution in [-0.2, 0) is 5.66 Å². The lowest BCUT2D eigenvalue weighted by molar-refractivity contribution is 0.0335. The minimum Gasteiger partial charge on any atom is -0.494 e. The van der Waals surface area contributed by atoms with Crippen LogP contribution in [0.15, 0.2) is 48.5 Å². The molecule has 4 heteroatoms. The van der Waals surface area contributed by atoms with E-state index in [9.17, 15) is 4.79 Å². The Bertz CT molecular complexity index is 787. The smallest absolute Gasteiger partial charge is 0.258 e. The lowest BCUT2D eigenvalue weighted by Gasteiger charge is -2.51. The maximum atomic E-state index is 13.4. The molecule has 0 saturated heterocycles. The molecule has 2 aromatic carbocycles. The fourth-order valence-electron chi connectivity index (χ4n) is 3.84. The van der Waals surface area contributed by atoms with E-state index in [-0.39, 0.29) is 11.9 Å². The fraction of sp³-hybridized carbons (Fsp3) is 0.435. The first-order chi connectivity index (χ1) is 13.1. The molecule has 2 unspecified atom stereocenters. The van der Waals surface area contributed by atoms with Gasteiger partial charge in [0.05, 0.1) is 12.2 Å². The highest BCUT2D eigenvalue weighted by atomic mass is 16.5. The van der Waals surface area contributed by atoms with E-state index in [2.05, 4.69) is 45.1 Å². The summed E-state index contributed by atoms with van der Waals surface area (Å²) in [6.07, 6.45) is 2.65. The van der Waals surface area contributed by atoms with Gasteiger partial charge in [-0.1, -0.05) is 45.0 Å². The third kappa shape index (κ3) is 3.41. The molecule has 1 amide bonds. The monoisotopic (exact) mass is 366 g/mol. The van der Waals surface area contributed by atoms with Crippen molar-refractivity contribution < 1.29 is 9.53 Å². The summed E-state index contributed by atoms with van der Waals surface area (Å²) in [4.78, 5) is 15.5. The molecule has 1 aliphatic heterocycles. The van der Waals surface area contributed by atoms with Crippen molar-refractivity contribution in [2.75, 3.05) is 11.9 Å². The maximum Gasteiger partial charge on any atom is 0.258 e. The van der Waals surface area contributed by atoms with Gasteiger partial charge in [0.25, 0.3) is 5.91 Å². The minimum absolute atomic E-state index is 0.0897. The van der Waals surface area contributed by atoms with E-state index in [1.807, 2.05) is 41.3 Å². The number of rotatable bonds is 7. The second-order valence-corrected chi connectivity index (χ2v) is 7.19. The molecule has 0 aliphatic carbocycles. The lowest BCUT2D eigenvalue weighted by atomic mass is 9.88. The number of benzene rings is 2. The quantitative estimate of drug-likeness (QED) is 0.713. The summed E-state index contributed by atoms with van der Waals surface area (Å²) in [7, 11) is 0. The molecule has 0 bridgehead atoms. The summed E-state index contributed by atoms with van der Waals surface area (Å²) in [6, 6.07) is 16.1. The number of carbonyl (C=O) groups excluding carboxylic acids is 1. The van der Waals surface area contributed by atoms with Crippen LogP contribution < -0.4 is 10.1 Å². The Hall–Kier alpha value is -2.49. The van der Waals surface area contributed by atoms with Crippen LogP contribution in [0.5, 0.6) is 5.75 Å². The van der Waals surface area contributed by atoms with Crippen molar-refractivity contribution in [2.24, 2.45) is 0 Å². The normalized spacial score (nSPS) is 20.0. The van der Waals surface area contributed by atoms with Crippen molar-refractivity contribution in [1.29, 1.82) is 0 Å². The average Bonchev–Trinajstić information content (AvgIpc) is 2.72. The van der Waals surface area contributed by atoms with Gasteiger partial charge in [-0.3, -0.25) is 4.79 Å². The third-order valence-corrected chi connectivity index (χ3v) is 5.48. The summed E-state index contributed by atoms with van der Waals surface area (Å²) >= 11 is 0. The number of carbonyl (C=O) groups is 1. The molecule has 0 fully saturated rings. The number of amides is 1. The summed E-state index contributed by atoms with van der Waals surface area (Å²) in [5.41, 5.74) is 2.15. The molecule has 1 N–H and O–H groups in total. The van der Waals surface area contributed by atoms with Gasteiger partial charge in [-0.05, 0) is 56.0 Å². The highest BCUT2D eigenvalue weighted by Gasteiger charge is 2.46. The predicted octanol–water partition coefficient (Wildman–Crippen LogP) is 5.40. The number of hydrogen-bond donors (Lipinski definition) is 1. The average molecular weight is 367 g/mol. The van der Waals surface area contributed by atoms with Gasteiger partial charge in [-0.25, -0.2) is 0 Å². The first kappa shape index (κ1) is 19.3. The van der Waals surface area contributed by atoms with Crippen molar-refractivity contribution >= 4 is 11.6 Å². The second kappa shape index (κ2) is 8.03. The van der Waals surface area contributed by atoms with Crippen molar-refractivity contribution in [3.8, 4) is 5.75 Å². The third-order valence-electron chi connectivity index (χ3n) is 5.48. The zero-order valence-electron chi connectivity index (χ0n) is 16.8. The molecule has 3 rings (SSSR count). The van der Waals surface area contributed by atoms with E-state index in [4.69, 9.17) is 4.74 Å². The molecule has 4 nitrogen and oxygen atoms in total. The van der Waals surface area contributed by atoms with Crippen LogP contribution in [-0.4, -0.2) is 23.5 Å². The number of hydrogen-bond acceptors (Lipinski definition) is 3. The number of nitrogens with zero attached hydrogens (tertiary/aromatic N) is 1. The van der Waals surface area contributed by atoms with Gasteiger partial charge >= 0.3 is 0 Å². The molecule has 0 spiro atoms. The Balaban J connectivity index is 2.08. The Morgan fingerprint density at radius 3 is 2.41 bits per heavy atom. The molecular formula is C23H30N2O2. The zero-order chi connectivity index (χ0) is 19.4. The second-order valence-electron chi connectivity index (χ2n) is 7.19. The van der Waals surface area contributed by atoms with Crippen molar-refractivity contribution in [3.63, 3.8) is 0 Å². The van der Waals surface area contributed by atoms with Gasteiger partial charge in [-0.2, -0.15) is 0 Å². The largest absolute Gasteiger partial charge is 0.494 e. The van der Waals surface area contributed by atoms with Gasteiger partial charge in [0.15, 0.2) is 0 Å². The van der Waals surface area contributed by atoms with Crippen LogP contribution in [0.2, 0.25) is 0 Å². The van der Waals surface area contributed by atoms with E-state index < -0.39 is 5.66 Å². The van der Waals surface area contributed by atoms with E-state index in [0.29, 0.717) is 6.61 Å². The summed E-state index contributed by atoms with van der Waals surface area (Å²) in [5, 5.41) is 3.70. The van der Waals surface area contributed by atoms with Crippen LogP contribution in [0.3, 0.4) is 0 Å². The molecule has 1 heterocycles. The molecule has 1 aliphatic rings. The summed E-state index contributed by atoms with van der Waals surface area (Å²) in [5.74, 6) is 0.955. The van der Waals surface area contributed by atoms with Gasteiger partial charge < -0.3 is 15.0 Å². The van der Waals surface area contributed by atoms with Crippen LogP contribution in [0, 0.1) is 0 Å². The van der Waals surface area contributed by atoms with E-state index in [1.54, 1.807) is 0 Å². The Morgan fingerprint density at radius 1 is 1.07 bits per heavy atom. The molecular weight excluding hydrogens is 336 g/mol. The number of ether oxygens (including phenoxy) is 1. The Morgan fingerprint density at radius 2 is 1.78 bits per heavy atom. The predicted molar refractivity (Wildman–Crippen MR) is 110 cm³/mol. The summed E-state index contributed by atoms with van der Waals surface area (Å²) in [6.45, 7) is 9.18. The lowest BCUT2D eigenvalue weighted by Crippen LogP contribution is -2.60. The molecule has 27 heavy (non-hydrogen) atoms. The van der Waals surface area contributed by atoms with E-state index in [0.717, 1.165) is 41.8 Å². The van der Waals surface area contributed by atoms with E-state index >= 15 is 0 Å². The molecule has 144 valence electrons. The number of nitrogens with one attached hydrogen (secondary N) is 1. The summed E-state index contributed by atoms with van der Waals surface area (Å²) < 4.78 is 5.74. The zero-order valence-corrected chi connectivity index (χ0v) is 16.8. The molecule has 0 aromatic heterocycles. The highest BCUT2D eigenvalue weighted by Crippen LogP contribution is 2.42. The molecule has 2 aromatic rings. The fourth-order valence-corrected chi connectivity index (χ4v) is 3.84. The maximum absolute atomic E-state index is 13.4. The van der Waals surface area contributed by atoms with Crippen LogP contribution >= 0.6 is 0 Å². The first-order valence-electron chi connectivity index (χ1n) is 10.0. The van der Waals surface area contributed by atoms with Crippen molar-refractivity contribution in [2.45, 2.75) is 58.7 Å². The Labute approximate surface area is 162 Å². The topological polar surface area (TPSA) is 41.6 Å². The first-order valence-corrected chi connectivity index (χ1v) is 10.0. The van der Waals surface area contributed by atoms with Crippen molar-refractivity contribution in [3.05, 3.63) is 59.7 Å². The number of para-hydroxylation sites is 1. The Kier molecular flexibility index (Phi) is 5.73. The SMILES string of the molecule is CCCOc1ccc(C2(CC)Nc3ccccc3C(=O)N2C(C)CC)cc1. The minimum atomic E-state index is -0.565. The van der Waals surface area contributed by atoms with Gasteiger partial charge in [0.2, 0.25) is 0 Å². The number of anilines is 1. The van der Waals surface area contributed by atoms with Crippen molar-refractivity contribution in [1.82, 2.24) is 4.90 Å². The van der Waals surface area contributed by atoms with Crippen LogP contribution in [0.4, 0.5) is 5.69 Å². The van der Waals surface area contributed by atoms with Gasteiger partial charge in [0.1, 0.15) is 11.4 Å². The number of fused-ring (bicyclic) bond motifs is 1. The van der Waals surface area contributed by atoms with Gasteiger partial charge in [0, 0.05) is 11.7 Å². The molecule has 2 atom stereocenters. The van der Waals surface area contributed by atoms with Crippen LogP contribution in [0.1, 0.15) is 62.9 Å². The van der Waals surface area contributed by atoms with E-state index in [1.165, 1.54) is 0 Å². The van der Waals surface area contributed by atoms with Crippen LogP contribution in [0.25, 0.3) is 0 Å². The molecule has 0 radical (unpaired) electrons. The standard InChI is InChI=1S/C23H30N2O2/c1-5-16-27-19-14-12-18(13-15-19)23(7-3)24-21-11-9-8-10-20(21)22(26)25(23)17(4)6-2/h8-15,17,24H,5-7,16H2,1-4H3. The van der Waals surface area contributed by atoms with Gasteiger partial charge in [-0.15, -0.1) is 0 Å². The highest BCUT2D eigenvalue weighted by molar-refractivity contribution is 6.02.